The molecule has 0 saturated carbocycles. The molecular weight excluding hydrogens is 314 g/mol. The van der Waals surface area contributed by atoms with Crippen LogP contribution >= 0.6 is 0 Å². The van der Waals surface area contributed by atoms with Crippen LogP contribution in [0.15, 0.2) is 40.5 Å². The zero-order valence-electron chi connectivity index (χ0n) is 13.0. The van der Waals surface area contributed by atoms with Gasteiger partial charge in [-0.05, 0) is 41.8 Å². The Bertz CT molecular complexity index is 805. The van der Waals surface area contributed by atoms with Crippen LogP contribution < -0.4 is 4.74 Å². The van der Waals surface area contributed by atoms with E-state index in [-0.39, 0.29) is 11.5 Å². The highest BCUT2D eigenvalue weighted by molar-refractivity contribution is 7.79. The predicted molar refractivity (Wildman–Crippen MR) is 90.1 cm³/mol. The van der Waals surface area contributed by atoms with Crippen molar-refractivity contribution in [2.24, 2.45) is 4.99 Å². The number of carbonyl (C=O) groups excluding carboxylic acids is 1. The number of Topliss-reactive ketones (excluding diaryl/α,β-unsaturated/α-hetero) is 1. The molecule has 23 heavy (non-hydrogen) atoms. The van der Waals surface area contributed by atoms with Crippen LogP contribution in [0, 0.1) is 0 Å². The van der Waals surface area contributed by atoms with Crippen molar-refractivity contribution >= 4 is 28.1 Å². The molecule has 1 heterocycles. The Morgan fingerprint density at radius 3 is 2.87 bits per heavy atom. The molecule has 1 aromatic carbocycles. The summed E-state index contributed by atoms with van der Waals surface area (Å²) in [7, 11) is 1.59. The highest BCUT2D eigenvalue weighted by Crippen LogP contribution is 2.33. The lowest BCUT2D eigenvalue weighted by atomic mass is 10.0. The summed E-state index contributed by atoms with van der Waals surface area (Å²) in [6.45, 7) is 1.89. The SMILES string of the molecule is COc1ccc2c(c1)/C(=C/C1=NC(CS(=O)O)=C(C)C1)C(=O)C2. The Balaban J connectivity index is 1.93. The highest BCUT2D eigenvalue weighted by atomic mass is 32.2. The van der Waals surface area contributed by atoms with E-state index in [9.17, 15) is 9.00 Å². The molecule has 0 radical (unpaired) electrons. The van der Waals surface area contributed by atoms with Gasteiger partial charge in [-0.15, -0.1) is 0 Å². The summed E-state index contributed by atoms with van der Waals surface area (Å²) < 4.78 is 25.2. The number of ketones is 1. The van der Waals surface area contributed by atoms with Gasteiger partial charge in [0.2, 0.25) is 0 Å². The Morgan fingerprint density at radius 1 is 1.39 bits per heavy atom. The number of aliphatic imine (C=N–C) groups is 1. The van der Waals surface area contributed by atoms with Crippen LogP contribution in [0.1, 0.15) is 24.5 Å². The van der Waals surface area contributed by atoms with Crippen molar-refractivity contribution in [2.75, 3.05) is 12.9 Å². The summed E-state index contributed by atoms with van der Waals surface area (Å²) in [6.07, 6.45) is 2.78. The quantitative estimate of drug-likeness (QED) is 0.679. The first-order chi connectivity index (χ1) is 11.0. The smallest absolute Gasteiger partial charge is 0.167 e. The maximum absolute atomic E-state index is 12.3. The van der Waals surface area contributed by atoms with Gasteiger partial charge in [-0.3, -0.25) is 9.79 Å². The highest BCUT2D eigenvalue weighted by Gasteiger charge is 2.26. The Morgan fingerprint density at radius 2 is 2.17 bits per heavy atom. The van der Waals surface area contributed by atoms with E-state index in [1.165, 1.54) is 0 Å². The number of hydrogen-bond acceptors (Lipinski definition) is 4. The number of carbonyl (C=O) groups is 1. The zero-order valence-corrected chi connectivity index (χ0v) is 13.8. The monoisotopic (exact) mass is 331 g/mol. The fourth-order valence-corrected chi connectivity index (χ4v) is 3.41. The number of fused-ring (bicyclic) bond motifs is 1. The fraction of sp³-hybridized carbons (Fsp3) is 0.294. The van der Waals surface area contributed by atoms with E-state index in [4.69, 9.17) is 9.29 Å². The van der Waals surface area contributed by atoms with Gasteiger partial charge < -0.3 is 9.29 Å². The molecule has 1 aromatic rings. The van der Waals surface area contributed by atoms with Crippen molar-refractivity contribution < 1.29 is 18.3 Å². The number of allylic oxidation sites excluding steroid dienone is 3. The molecule has 0 amide bonds. The molecule has 5 nitrogen and oxygen atoms in total. The van der Waals surface area contributed by atoms with Crippen molar-refractivity contribution in [1.82, 2.24) is 0 Å². The van der Waals surface area contributed by atoms with E-state index in [0.717, 1.165) is 22.4 Å². The van der Waals surface area contributed by atoms with Crippen molar-refractivity contribution in [2.45, 2.75) is 19.8 Å². The van der Waals surface area contributed by atoms with Gasteiger partial charge in [0.05, 0.1) is 18.6 Å². The van der Waals surface area contributed by atoms with Crippen molar-refractivity contribution in [3.8, 4) is 5.75 Å². The third kappa shape index (κ3) is 3.18. The normalized spacial score (nSPS) is 20.0. The summed E-state index contributed by atoms with van der Waals surface area (Å²) in [4.78, 5) is 16.7. The summed E-state index contributed by atoms with van der Waals surface area (Å²) in [5.74, 6) is 0.799. The molecule has 6 heteroatoms. The van der Waals surface area contributed by atoms with Gasteiger partial charge in [0, 0.05) is 24.1 Å². The average Bonchev–Trinajstić information content (AvgIpc) is 2.99. The number of methoxy groups -OCH3 is 1. The maximum Gasteiger partial charge on any atom is 0.167 e. The second-order valence-corrected chi connectivity index (χ2v) is 6.59. The van der Waals surface area contributed by atoms with Gasteiger partial charge >= 0.3 is 0 Å². The number of rotatable bonds is 4. The zero-order chi connectivity index (χ0) is 16.6. The third-order valence-electron chi connectivity index (χ3n) is 4.05. The molecule has 1 unspecified atom stereocenters. The number of nitrogens with zero attached hydrogens (tertiary/aromatic N) is 1. The molecular formula is C17H17NO4S. The molecule has 0 aromatic heterocycles. The predicted octanol–water partition coefficient (Wildman–Crippen LogP) is 2.54. The molecule has 0 spiro atoms. The molecule has 120 valence electrons. The third-order valence-corrected chi connectivity index (χ3v) is 4.57. The van der Waals surface area contributed by atoms with Crippen LogP contribution in [-0.4, -0.2) is 33.1 Å². The maximum atomic E-state index is 12.3. The standard InChI is InChI=1S/C17H17NO4S/c1-10-5-12(18-16(10)9-23(20)21)7-15-14-8-13(22-2)4-3-11(14)6-17(15)19/h3-4,7-8H,5-6,9H2,1-2H3,(H,20,21)/b15-7-. The van der Waals surface area contributed by atoms with E-state index in [0.29, 0.717) is 29.9 Å². The minimum Gasteiger partial charge on any atom is -0.497 e. The summed E-state index contributed by atoms with van der Waals surface area (Å²) in [5.41, 5.74) is 4.86. The van der Waals surface area contributed by atoms with Crippen molar-refractivity contribution in [1.29, 1.82) is 0 Å². The summed E-state index contributed by atoms with van der Waals surface area (Å²) in [6, 6.07) is 5.63. The van der Waals surface area contributed by atoms with Crippen LogP contribution in [0.3, 0.4) is 0 Å². The lowest BCUT2D eigenvalue weighted by Crippen LogP contribution is -1.98. The van der Waals surface area contributed by atoms with E-state index >= 15 is 0 Å². The van der Waals surface area contributed by atoms with Crippen LogP contribution in [0.25, 0.3) is 5.57 Å². The minimum absolute atomic E-state index is 0.0247. The molecule has 0 saturated heterocycles. The average molecular weight is 331 g/mol. The fourth-order valence-electron chi connectivity index (χ4n) is 2.87. The number of ether oxygens (including phenoxy) is 1. The van der Waals surface area contributed by atoms with Gasteiger partial charge in [0.15, 0.2) is 16.9 Å². The van der Waals surface area contributed by atoms with Crippen LogP contribution in [0.4, 0.5) is 0 Å². The van der Waals surface area contributed by atoms with Gasteiger partial charge in [-0.2, -0.15) is 0 Å². The number of hydrogen-bond donors (Lipinski definition) is 1. The van der Waals surface area contributed by atoms with Gasteiger partial charge in [0.25, 0.3) is 0 Å². The second-order valence-electron chi connectivity index (χ2n) is 5.65. The Kier molecular flexibility index (Phi) is 4.28. The molecule has 1 atom stereocenters. The molecule has 0 bridgehead atoms. The van der Waals surface area contributed by atoms with Crippen LogP contribution in [0.2, 0.25) is 0 Å². The largest absolute Gasteiger partial charge is 0.497 e. The van der Waals surface area contributed by atoms with Gasteiger partial charge in [-0.25, -0.2) is 4.21 Å². The van der Waals surface area contributed by atoms with Crippen LogP contribution in [-0.2, 0) is 22.3 Å². The minimum atomic E-state index is -1.91. The lowest BCUT2D eigenvalue weighted by Gasteiger charge is -2.04. The van der Waals surface area contributed by atoms with E-state index in [2.05, 4.69) is 4.99 Å². The van der Waals surface area contributed by atoms with Gasteiger partial charge in [0.1, 0.15) is 5.75 Å². The Hall–Kier alpha value is -2.05. The molecule has 3 rings (SSSR count). The van der Waals surface area contributed by atoms with E-state index in [1.807, 2.05) is 25.1 Å². The second kappa shape index (κ2) is 6.22. The van der Waals surface area contributed by atoms with Crippen molar-refractivity contribution in [3.05, 3.63) is 46.7 Å². The molecule has 1 aliphatic heterocycles. The summed E-state index contributed by atoms with van der Waals surface area (Å²) >= 11 is -1.91. The first-order valence-electron chi connectivity index (χ1n) is 7.23. The molecule has 2 aliphatic rings. The summed E-state index contributed by atoms with van der Waals surface area (Å²) in [5, 5.41) is 0. The molecule has 0 fully saturated rings. The topological polar surface area (TPSA) is 76.0 Å². The van der Waals surface area contributed by atoms with Crippen LogP contribution in [0.5, 0.6) is 5.75 Å². The lowest BCUT2D eigenvalue weighted by molar-refractivity contribution is -0.112. The first-order valence-corrected chi connectivity index (χ1v) is 8.51. The molecule has 1 N–H and O–H groups in total. The van der Waals surface area contributed by atoms with E-state index < -0.39 is 11.1 Å². The van der Waals surface area contributed by atoms with Gasteiger partial charge in [-0.1, -0.05) is 6.07 Å². The van der Waals surface area contributed by atoms with E-state index in [1.54, 1.807) is 13.2 Å². The first kappa shape index (κ1) is 15.8. The molecule has 1 aliphatic carbocycles. The Labute approximate surface area is 137 Å². The number of benzene rings is 1. The van der Waals surface area contributed by atoms with Crippen molar-refractivity contribution in [3.63, 3.8) is 0 Å².